The molecule has 1 aliphatic heterocycles. The predicted octanol–water partition coefficient (Wildman–Crippen LogP) is 4.28. The highest BCUT2D eigenvalue weighted by Gasteiger charge is 2.34. The van der Waals surface area contributed by atoms with Crippen LogP contribution < -0.4 is 4.72 Å². The van der Waals surface area contributed by atoms with Gasteiger partial charge in [0.05, 0.1) is 10.5 Å². The zero-order chi connectivity index (χ0) is 28.7. The van der Waals surface area contributed by atoms with E-state index in [9.17, 15) is 22.8 Å². The van der Waals surface area contributed by atoms with Gasteiger partial charge in [0.2, 0.25) is 11.8 Å². The molecule has 0 saturated carbocycles. The first-order valence-corrected chi connectivity index (χ1v) is 15.2. The molecular formula is C30H37ClN4O5S. The Balaban J connectivity index is 0.00000462. The van der Waals surface area contributed by atoms with Crippen molar-refractivity contribution < 1.29 is 22.8 Å². The minimum Gasteiger partial charge on any atom is -0.343 e. The van der Waals surface area contributed by atoms with Crippen LogP contribution in [0.25, 0.3) is 10.8 Å². The van der Waals surface area contributed by atoms with E-state index in [4.69, 9.17) is 0 Å². The van der Waals surface area contributed by atoms with Crippen LogP contribution in [0.4, 0.5) is 0 Å². The maximum Gasteiger partial charge on any atom is 0.264 e. The van der Waals surface area contributed by atoms with E-state index in [0.717, 1.165) is 23.6 Å². The largest absolute Gasteiger partial charge is 0.343 e. The van der Waals surface area contributed by atoms with Gasteiger partial charge in [-0.05, 0) is 80.5 Å². The average molecular weight is 601 g/mol. The Labute approximate surface area is 247 Å². The second-order valence-electron chi connectivity index (χ2n) is 10.1. The fraction of sp³-hybridized carbons (Fsp3) is 0.400. The molecule has 2 heterocycles. The Morgan fingerprint density at radius 2 is 1.68 bits per heavy atom. The van der Waals surface area contributed by atoms with Crippen molar-refractivity contribution in [3.63, 3.8) is 0 Å². The van der Waals surface area contributed by atoms with Crippen LogP contribution in [0.5, 0.6) is 0 Å². The molecule has 1 fully saturated rings. The molecule has 1 atom stereocenters. The van der Waals surface area contributed by atoms with Crippen LogP contribution in [0, 0.1) is 11.8 Å². The number of amides is 3. The van der Waals surface area contributed by atoms with E-state index in [2.05, 4.69) is 9.71 Å². The highest BCUT2D eigenvalue weighted by atomic mass is 35.5. The number of benzene rings is 2. The van der Waals surface area contributed by atoms with Crippen molar-refractivity contribution in [3.8, 4) is 0 Å². The van der Waals surface area contributed by atoms with Gasteiger partial charge in [-0.15, -0.1) is 12.4 Å². The van der Waals surface area contributed by atoms with E-state index in [-0.39, 0.29) is 41.5 Å². The summed E-state index contributed by atoms with van der Waals surface area (Å²) >= 11 is 0. The standard InChI is InChI=1S/C30H36N4O5S.ClH/c1-3-33(4-2)30(37)27(14-11-22-15-18-34(19-16-22)29(36)25-10-7-17-31-21-25)28(35)32-40(38,39)26-13-12-23-8-5-6-9-24(23)20-26;/h5-10,12-13,17,20-22,27H,3-4,11,14-16,18-19H2,1-2H3,(H,32,35);1H. The molecule has 1 unspecified atom stereocenters. The Kier molecular flexibility index (Phi) is 11.3. The molecule has 1 aliphatic rings. The van der Waals surface area contributed by atoms with Crippen LogP contribution in [-0.2, 0) is 19.6 Å². The molecule has 1 saturated heterocycles. The number of likely N-dealkylation sites (tertiary alicyclic amines) is 1. The first kappa shape index (κ1) is 32.0. The van der Waals surface area contributed by atoms with Gasteiger partial charge in [0.1, 0.15) is 5.92 Å². The number of halogens is 1. The first-order valence-electron chi connectivity index (χ1n) is 13.8. The van der Waals surface area contributed by atoms with E-state index < -0.39 is 21.8 Å². The van der Waals surface area contributed by atoms with Gasteiger partial charge in [0.25, 0.3) is 15.9 Å². The molecule has 0 bridgehead atoms. The van der Waals surface area contributed by atoms with Crippen LogP contribution in [-0.4, -0.2) is 67.1 Å². The summed E-state index contributed by atoms with van der Waals surface area (Å²) in [6.07, 6.45) is 5.49. The van der Waals surface area contributed by atoms with Crippen molar-refractivity contribution in [2.24, 2.45) is 11.8 Å². The lowest BCUT2D eigenvalue weighted by atomic mass is 9.88. The molecule has 3 aromatic rings. The summed E-state index contributed by atoms with van der Waals surface area (Å²) in [5.41, 5.74) is 0.551. The van der Waals surface area contributed by atoms with Gasteiger partial charge >= 0.3 is 0 Å². The summed E-state index contributed by atoms with van der Waals surface area (Å²) in [7, 11) is -4.17. The molecule has 1 aromatic heterocycles. The maximum atomic E-state index is 13.3. The Bertz CT molecular complexity index is 1460. The summed E-state index contributed by atoms with van der Waals surface area (Å²) in [6.45, 7) is 5.66. The number of hydrogen-bond donors (Lipinski definition) is 1. The molecule has 0 aliphatic carbocycles. The van der Waals surface area contributed by atoms with Crippen molar-refractivity contribution in [2.45, 2.75) is 44.4 Å². The van der Waals surface area contributed by atoms with E-state index in [1.54, 1.807) is 46.5 Å². The van der Waals surface area contributed by atoms with Crippen LogP contribution in [0.15, 0.2) is 71.9 Å². The van der Waals surface area contributed by atoms with Crippen LogP contribution in [0.2, 0.25) is 0 Å². The summed E-state index contributed by atoms with van der Waals surface area (Å²) in [5, 5.41) is 1.62. The summed E-state index contributed by atoms with van der Waals surface area (Å²) in [6, 6.07) is 15.5. The molecule has 220 valence electrons. The SMILES string of the molecule is CCN(CC)C(=O)C(CCC1CCN(C(=O)c2cccnc2)CC1)C(=O)NS(=O)(=O)c1ccc2ccccc2c1.Cl. The van der Waals surface area contributed by atoms with Crippen LogP contribution in [0.3, 0.4) is 0 Å². The third kappa shape index (κ3) is 7.83. The maximum absolute atomic E-state index is 13.3. The van der Waals surface area contributed by atoms with E-state index in [0.29, 0.717) is 38.2 Å². The highest BCUT2D eigenvalue weighted by Crippen LogP contribution is 2.26. The quantitative estimate of drug-likeness (QED) is 0.347. The van der Waals surface area contributed by atoms with Crippen molar-refractivity contribution in [1.29, 1.82) is 0 Å². The molecule has 1 N–H and O–H groups in total. The van der Waals surface area contributed by atoms with E-state index >= 15 is 0 Å². The third-order valence-electron chi connectivity index (χ3n) is 7.63. The number of aromatic nitrogens is 1. The number of rotatable bonds is 10. The number of carbonyl (C=O) groups excluding carboxylic acids is 3. The van der Waals surface area contributed by atoms with Crippen molar-refractivity contribution in [1.82, 2.24) is 19.5 Å². The van der Waals surface area contributed by atoms with Crippen LogP contribution in [0.1, 0.15) is 49.9 Å². The minimum atomic E-state index is -4.17. The Morgan fingerprint density at radius 1 is 1.00 bits per heavy atom. The first-order chi connectivity index (χ1) is 19.2. The van der Waals surface area contributed by atoms with E-state index in [1.165, 1.54) is 12.1 Å². The van der Waals surface area contributed by atoms with Crippen LogP contribution >= 0.6 is 12.4 Å². The van der Waals surface area contributed by atoms with Crippen molar-refractivity contribution in [3.05, 3.63) is 72.6 Å². The fourth-order valence-corrected chi connectivity index (χ4v) is 6.27. The second kappa shape index (κ2) is 14.4. The van der Waals surface area contributed by atoms with Gasteiger partial charge in [-0.3, -0.25) is 19.4 Å². The number of pyridine rings is 1. The lowest BCUT2D eigenvalue weighted by Gasteiger charge is -2.33. The minimum absolute atomic E-state index is 0. The lowest BCUT2D eigenvalue weighted by Crippen LogP contribution is -2.45. The fourth-order valence-electron chi connectivity index (χ4n) is 5.22. The Morgan fingerprint density at radius 3 is 2.32 bits per heavy atom. The molecule has 4 rings (SSSR count). The van der Waals surface area contributed by atoms with Gasteiger partial charge < -0.3 is 9.80 Å². The molecule has 9 nitrogen and oxygen atoms in total. The molecule has 11 heteroatoms. The van der Waals surface area contributed by atoms with Gasteiger partial charge in [-0.1, -0.05) is 30.3 Å². The van der Waals surface area contributed by atoms with Crippen molar-refractivity contribution in [2.75, 3.05) is 26.2 Å². The average Bonchev–Trinajstić information content (AvgIpc) is 2.98. The van der Waals surface area contributed by atoms with Gasteiger partial charge in [0, 0.05) is 38.6 Å². The zero-order valence-electron chi connectivity index (χ0n) is 23.4. The number of piperidine rings is 1. The monoisotopic (exact) mass is 600 g/mol. The normalized spacial score (nSPS) is 14.6. The second-order valence-corrected chi connectivity index (χ2v) is 11.8. The topological polar surface area (TPSA) is 117 Å². The summed E-state index contributed by atoms with van der Waals surface area (Å²) in [4.78, 5) is 46.8. The smallest absolute Gasteiger partial charge is 0.264 e. The summed E-state index contributed by atoms with van der Waals surface area (Å²) in [5.74, 6) is -2.14. The van der Waals surface area contributed by atoms with Gasteiger partial charge in [-0.25, -0.2) is 13.1 Å². The number of nitrogens with one attached hydrogen (secondary N) is 1. The summed E-state index contributed by atoms with van der Waals surface area (Å²) < 4.78 is 28.5. The molecule has 41 heavy (non-hydrogen) atoms. The number of nitrogens with zero attached hydrogens (tertiary/aromatic N) is 3. The zero-order valence-corrected chi connectivity index (χ0v) is 25.0. The predicted molar refractivity (Wildman–Crippen MR) is 160 cm³/mol. The molecule has 0 radical (unpaired) electrons. The lowest BCUT2D eigenvalue weighted by molar-refractivity contribution is -0.141. The number of hydrogen-bond acceptors (Lipinski definition) is 6. The molecule has 0 spiro atoms. The van der Waals surface area contributed by atoms with E-state index in [1.807, 2.05) is 32.0 Å². The molecule has 3 amide bonds. The number of sulfonamides is 1. The van der Waals surface area contributed by atoms with Gasteiger partial charge in [-0.2, -0.15) is 0 Å². The molecule has 2 aromatic carbocycles. The number of carbonyl (C=O) groups is 3. The van der Waals surface area contributed by atoms with Gasteiger partial charge in [0.15, 0.2) is 0 Å². The highest BCUT2D eigenvalue weighted by molar-refractivity contribution is 7.90. The molecular weight excluding hydrogens is 564 g/mol. The Hall–Kier alpha value is -3.50. The number of fused-ring (bicyclic) bond motifs is 1. The third-order valence-corrected chi connectivity index (χ3v) is 8.97. The van der Waals surface area contributed by atoms with Crippen molar-refractivity contribution >= 4 is 50.9 Å².